The lowest BCUT2D eigenvalue weighted by molar-refractivity contribution is -0.134. The first-order chi connectivity index (χ1) is 6.02. The second kappa shape index (κ2) is 4.07. The summed E-state index contributed by atoms with van der Waals surface area (Å²) >= 11 is 0. The fourth-order valence-electron chi connectivity index (χ4n) is 1.45. The molecule has 1 heterocycles. The highest BCUT2D eigenvalue weighted by molar-refractivity contribution is 5.79. The average molecular weight is 186 g/mol. The molecule has 0 aromatic rings. The summed E-state index contributed by atoms with van der Waals surface area (Å²) in [7, 11) is 0. The zero-order valence-electron chi connectivity index (χ0n) is 8.23. The third-order valence-electron chi connectivity index (χ3n) is 2.65. The number of nitrogens with two attached hydrogens (primary N) is 1. The maximum Gasteiger partial charge on any atom is 0.227 e. The van der Waals surface area contributed by atoms with E-state index >= 15 is 0 Å². The molecule has 0 spiro atoms. The van der Waals surface area contributed by atoms with E-state index in [1.54, 1.807) is 4.90 Å². The van der Waals surface area contributed by atoms with Gasteiger partial charge in [-0.05, 0) is 13.3 Å². The molecule has 1 saturated heterocycles. The Morgan fingerprint density at radius 3 is 2.62 bits per heavy atom. The van der Waals surface area contributed by atoms with Gasteiger partial charge in [-0.2, -0.15) is 0 Å². The molecular weight excluding hydrogens is 168 g/mol. The van der Waals surface area contributed by atoms with Crippen molar-refractivity contribution < 1.29 is 9.90 Å². The van der Waals surface area contributed by atoms with Crippen molar-refractivity contribution in [3.8, 4) is 0 Å². The van der Waals surface area contributed by atoms with Crippen LogP contribution in [0.3, 0.4) is 0 Å². The van der Waals surface area contributed by atoms with Crippen molar-refractivity contribution in [3.05, 3.63) is 0 Å². The Labute approximate surface area is 78.7 Å². The molecule has 1 amide bonds. The average Bonchev–Trinajstić information content (AvgIpc) is 2.49. The van der Waals surface area contributed by atoms with Gasteiger partial charge in [0, 0.05) is 19.1 Å². The third kappa shape index (κ3) is 2.42. The van der Waals surface area contributed by atoms with Gasteiger partial charge >= 0.3 is 0 Å². The van der Waals surface area contributed by atoms with Crippen LogP contribution in [-0.4, -0.2) is 41.1 Å². The molecule has 0 aromatic carbocycles. The molecule has 1 fully saturated rings. The fourth-order valence-corrected chi connectivity index (χ4v) is 1.45. The predicted octanol–water partition coefficient (Wildman–Crippen LogP) is -0.437. The van der Waals surface area contributed by atoms with Gasteiger partial charge in [-0.15, -0.1) is 0 Å². The fraction of sp³-hybridized carbons (Fsp3) is 0.889. The summed E-state index contributed by atoms with van der Waals surface area (Å²) in [6.45, 7) is 4.79. The van der Waals surface area contributed by atoms with Crippen molar-refractivity contribution in [2.24, 2.45) is 11.7 Å². The summed E-state index contributed by atoms with van der Waals surface area (Å²) < 4.78 is 0. The van der Waals surface area contributed by atoms with Crippen LogP contribution < -0.4 is 5.73 Å². The van der Waals surface area contributed by atoms with Crippen LogP contribution in [0.15, 0.2) is 0 Å². The Balaban J connectivity index is 2.48. The monoisotopic (exact) mass is 186 g/mol. The standard InChI is InChI=1S/C9H18N2O2/c1-6(7(2)10)9(13)11-4-3-8(12)5-11/h6-8,12H,3-5,10H2,1-2H3/t6?,7?,8-/m0/s1. The molecule has 4 heteroatoms. The minimum Gasteiger partial charge on any atom is -0.391 e. The molecule has 0 aromatic heterocycles. The lowest BCUT2D eigenvalue weighted by Crippen LogP contribution is -2.40. The van der Waals surface area contributed by atoms with E-state index in [0.29, 0.717) is 19.5 Å². The molecule has 0 bridgehead atoms. The number of carbonyl (C=O) groups excluding carboxylic acids is 1. The quantitative estimate of drug-likeness (QED) is 0.614. The number of nitrogens with zero attached hydrogens (tertiary/aromatic N) is 1. The lowest BCUT2D eigenvalue weighted by atomic mass is 10.0. The summed E-state index contributed by atoms with van der Waals surface area (Å²) in [5, 5.41) is 9.24. The third-order valence-corrected chi connectivity index (χ3v) is 2.65. The first-order valence-corrected chi connectivity index (χ1v) is 4.74. The van der Waals surface area contributed by atoms with Crippen molar-refractivity contribution in [2.45, 2.75) is 32.4 Å². The van der Waals surface area contributed by atoms with Crippen molar-refractivity contribution in [1.29, 1.82) is 0 Å². The van der Waals surface area contributed by atoms with Gasteiger partial charge in [-0.25, -0.2) is 0 Å². The van der Waals surface area contributed by atoms with Crippen LogP contribution in [0.5, 0.6) is 0 Å². The number of aliphatic hydroxyl groups excluding tert-OH is 1. The van der Waals surface area contributed by atoms with E-state index in [9.17, 15) is 9.90 Å². The Hall–Kier alpha value is -0.610. The van der Waals surface area contributed by atoms with Crippen molar-refractivity contribution >= 4 is 5.91 Å². The van der Waals surface area contributed by atoms with E-state index < -0.39 is 0 Å². The number of likely N-dealkylation sites (tertiary alicyclic amines) is 1. The van der Waals surface area contributed by atoms with E-state index in [-0.39, 0.29) is 24.0 Å². The smallest absolute Gasteiger partial charge is 0.227 e. The molecule has 3 atom stereocenters. The van der Waals surface area contributed by atoms with E-state index in [1.807, 2.05) is 13.8 Å². The Kier molecular flexibility index (Phi) is 3.27. The highest BCUT2D eigenvalue weighted by Crippen LogP contribution is 2.13. The first kappa shape index (κ1) is 10.5. The zero-order valence-corrected chi connectivity index (χ0v) is 8.23. The van der Waals surface area contributed by atoms with Gasteiger partial charge in [0.1, 0.15) is 0 Å². The van der Waals surface area contributed by atoms with Crippen LogP contribution >= 0.6 is 0 Å². The predicted molar refractivity (Wildman–Crippen MR) is 50.0 cm³/mol. The van der Waals surface area contributed by atoms with Crippen LogP contribution in [0.1, 0.15) is 20.3 Å². The summed E-state index contributed by atoms with van der Waals surface area (Å²) in [5.74, 6) is -0.0862. The lowest BCUT2D eigenvalue weighted by Gasteiger charge is -2.22. The molecular formula is C9H18N2O2. The van der Waals surface area contributed by atoms with E-state index in [0.717, 1.165) is 0 Å². The number of hydrogen-bond acceptors (Lipinski definition) is 3. The van der Waals surface area contributed by atoms with Crippen LogP contribution in [0.2, 0.25) is 0 Å². The first-order valence-electron chi connectivity index (χ1n) is 4.74. The summed E-state index contributed by atoms with van der Waals surface area (Å²) in [4.78, 5) is 13.4. The van der Waals surface area contributed by atoms with Gasteiger partial charge in [0.2, 0.25) is 5.91 Å². The molecule has 1 aliphatic rings. The van der Waals surface area contributed by atoms with Crippen LogP contribution in [0.25, 0.3) is 0 Å². The number of amides is 1. The van der Waals surface area contributed by atoms with Gasteiger partial charge in [-0.3, -0.25) is 4.79 Å². The van der Waals surface area contributed by atoms with Crippen molar-refractivity contribution in [3.63, 3.8) is 0 Å². The Morgan fingerprint density at radius 2 is 2.23 bits per heavy atom. The largest absolute Gasteiger partial charge is 0.391 e. The van der Waals surface area contributed by atoms with Gasteiger partial charge in [0.25, 0.3) is 0 Å². The molecule has 1 rings (SSSR count). The summed E-state index contributed by atoms with van der Waals surface area (Å²) in [5.41, 5.74) is 5.63. The van der Waals surface area contributed by atoms with Gasteiger partial charge in [0.15, 0.2) is 0 Å². The van der Waals surface area contributed by atoms with Gasteiger partial charge < -0.3 is 15.7 Å². The number of hydrogen-bond donors (Lipinski definition) is 2. The van der Waals surface area contributed by atoms with Crippen molar-refractivity contribution in [1.82, 2.24) is 4.90 Å². The van der Waals surface area contributed by atoms with E-state index in [1.165, 1.54) is 0 Å². The topological polar surface area (TPSA) is 66.6 Å². The molecule has 3 N–H and O–H groups in total. The molecule has 13 heavy (non-hydrogen) atoms. The second-order valence-corrected chi connectivity index (χ2v) is 3.87. The highest BCUT2D eigenvalue weighted by Gasteiger charge is 2.28. The Bertz CT molecular complexity index is 194. The molecule has 4 nitrogen and oxygen atoms in total. The van der Waals surface area contributed by atoms with E-state index in [2.05, 4.69) is 0 Å². The SMILES string of the molecule is CC(N)C(C)C(=O)N1CC[C@H](O)C1. The highest BCUT2D eigenvalue weighted by atomic mass is 16.3. The van der Waals surface area contributed by atoms with Crippen LogP contribution in [0.4, 0.5) is 0 Å². The number of β-amino-alcohol motifs (C(OH)–C–C–N with tert-alkyl or cyclic N) is 1. The minimum atomic E-state index is -0.343. The Morgan fingerprint density at radius 1 is 1.62 bits per heavy atom. The summed E-state index contributed by atoms with van der Waals surface area (Å²) in [6, 6.07) is -0.120. The molecule has 0 aliphatic carbocycles. The number of carbonyl (C=O) groups is 1. The number of aliphatic hydroxyl groups is 1. The zero-order chi connectivity index (χ0) is 10.0. The molecule has 2 unspecified atom stereocenters. The number of rotatable bonds is 2. The van der Waals surface area contributed by atoms with Crippen LogP contribution in [-0.2, 0) is 4.79 Å². The maximum atomic E-state index is 11.7. The molecule has 76 valence electrons. The van der Waals surface area contributed by atoms with Gasteiger partial charge in [-0.1, -0.05) is 6.92 Å². The second-order valence-electron chi connectivity index (χ2n) is 3.87. The minimum absolute atomic E-state index is 0.0616. The van der Waals surface area contributed by atoms with Crippen LogP contribution in [0, 0.1) is 5.92 Å². The molecule has 0 radical (unpaired) electrons. The van der Waals surface area contributed by atoms with Crippen molar-refractivity contribution in [2.75, 3.05) is 13.1 Å². The van der Waals surface area contributed by atoms with E-state index in [4.69, 9.17) is 5.73 Å². The normalized spacial score (nSPS) is 27.4. The molecule has 1 aliphatic heterocycles. The summed E-state index contributed by atoms with van der Waals surface area (Å²) in [6.07, 6.45) is 0.349. The maximum absolute atomic E-state index is 11.7. The molecule has 0 saturated carbocycles. The van der Waals surface area contributed by atoms with Gasteiger partial charge in [0.05, 0.1) is 12.0 Å².